The SMILES string of the molecule is Cl[Si](Cl)(Cl)OCc1ccccc1. The first-order valence-electron chi connectivity index (χ1n) is 3.32. The van der Waals surface area contributed by atoms with Gasteiger partial charge in [0, 0.05) is 0 Å². The van der Waals surface area contributed by atoms with Crippen LogP contribution in [0.5, 0.6) is 0 Å². The highest BCUT2D eigenvalue weighted by Crippen LogP contribution is 2.22. The van der Waals surface area contributed by atoms with Gasteiger partial charge in [-0.1, -0.05) is 63.6 Å². The molecule has 0 saturated heterocycles. The van der Waals surface area contributed by atoms with Gasteiger partial charge >= 0.3 is 6.25 Å². The van der Waals surface area contributed by atoms with Crippen molar-refractivity contribution in [1.82, 2.24) is 0 Å². The van der Waals surface area contributed by atoms with Crippen LogP contribution in [0.4, 0.5) is 0 Å². The number of halogens is 3. The zero-order valence-corrected chi connectivity index (χ0v) is 9.40. The van der Waals surface area contributed by atoms with Gasteiger partial charge in [0.05, 0.1) is 6.61 Å². The molecule has 0 spiro atoms. The van der Waals surface area contributed by atoms with Gasteiger partial charge in [-0.25, -0.2) is 0 Å². The van der Waals surface area contributed by atoms with E-state index in [0.29, 0.717) is 6.61 Å². The Morgan fingerprint density at radius 1 is 1.08 bits per heavy atom. The first-order chi connectivity index (χ1) is 5.58. The van der Waals surface area contributed by atoms with Crippen LogP contribution in [0.3, 0.4) is 0 Å². The normalized spacial score (nSPS) is 11.6. The van der Waals surface area contributed by atoms with E-state index in [4.69, 9.17) is 37.7 Å². The third-order valence-corrected chi connectivity index (χ3v) is 2.70. The first kappa shape index (κ1) is 10.3. The molecule has 0 N–H and O–H groups in total. The van der Waals surface area contributed by atoms with Gasteiger partial charge in [0.15, 0.2) is 0 Å². The van der Waals surface area contributed by atoms with Gasteiger partial charge < -0.3 is 4.43 Å². The Kier molecular flexibility index (Phi) is 3.87. The number of rotatable bonds is 3. The highest BCUT2D eigenvalue weighted by molar-refractivity contribution is 7.62. The monoisotopic (exact) mass is 240 g/mol. The third-order valence-electron chi connectivity index (χ3n) is 1.25. The fraction of sp³-hybridized carbons (Fsp3) is 0.143. The van der Waals surface area contributed by atoms with Crippen molar-refractivity contribution in [3.63, 3.8) is 0 Å². The van der Waals surface area contributed by atoms with Gasteiger partial charge in [-0.2, -0.15) is 0 Å². The minimum atomic E-state index is -2.92. The molecule has 5 heteroatoms. The molecule has 12 heavy (non-hydrogen) atoms. The van der Waals surface area contributed by atoms with E-state index in [1.807, 2.05) is 30.3 Å². The first-order valence-corrected chi connectivity index (χ1v) is 8.27. The Morgan fingerprint density at radius 3 is 2.17 bits per heavy atom. The highest BCUT2D eigenvalue weighted by Gasteiger charge is 2.27. The Hall–Kier alpha value is 0.267. The predicted molar refractivity (Wildman–Crippen MR) is 54.5 cm³/mol. The molecule has 0 aromatic heterocycles. The van der Waals surface area contributed by atoms with E-state index in [1.165, 1.54) is 0 Å². The summed E-state index contributed by atoms with van der Waals surface area (Å²) in [4.78, 5) is 0. The van der Waals surface area contributed by atoms with Gasteiger partial charge in [-0.15, -0.1) is 0 Å². The molecule has 0 unspecified atom stereocenters. The zero-order chi connectivity index (χ0) is 9.03. The lowest BCUT2D eigenvalue weighted by Crippen LogP contribution is -2.15. The standard InChI is InChI=1S/C7H7Cl3OSi/c8-12(9,10)11-6-7-4-2-1-3-5-7/h1-5H,6H2. The maximum atomic E-state index is 5.53. The predicted octanol–water partition coefficient (Wildman–Crippen LogP) is 3.36. The molecule has 1 aromatic rings. The van der Waals surface area contributed by atoms with E-state index in [9.17, 15) is 0 Å². The number of benzene rings is 1. The molecule has 0 saturated carbocycles. The summed E-state index contributed by atoms with van der Waals surface area (Å²) in [7, 11) is 0. The molecule has 1 rings (SSSR count). The molecule has 66 valence electrons. The molecule has 0 aliphatic rings. The molecule has 0 bridgehead atoms. The van der Waals surface area contributed by atoms with Crippen LogP contribution in [-0.2, 0) is 11.0 Å². The van der Waals surface area contributed by atoms with Gasteiger partial charge in [-0.3, -0.25) is 0 Å². The van der Waals surface area contributed by atoms with Crippen molar-refractivity contribution in [2.75, 3.05) is 0 Å². The van der Waals surface area contributed by atoms with E-state index in [2.05, 4.69) is 0 Å². The van der Waals surface area contributed by atoms with Gasteiger partial charge in [0.1, 0.15) is 0 Å². The van der Waals surface area contributed by atoms with Crippen LogP contribution in [-0.4, -0.2) is 6.25 Å². The van der Waals surface area contributed by atoms with Crippen molar-refractivity contribution >= 4 is 39.5 Å². The largest absolute Gasteiger partial charge is 0.494 e. The fourth-order valence-corrected chi connectivity index (χ4v) is 1.56. The Labute approximate surface area is 86.4 Å². The molecular formula is C7H7Cl3OSi. The molecular weight excluding hydrogens is 235 g/mol. The second-order valence-electron chi connectivity index (χ2n) is 2.22. The smallest absolute Gasteiger partial charge is 0.377 e. The van der Waals surface area contributed by atoms with E-state index in [1.54, 1.807) is 0 Å². The summed E-state index contributed by atoms with van der Waals surface area (Å²) in [6.07, 6.45) is -2.92. The Bertz CT molecular complexity index is 234. The van der Waals surface area contributed by atoms with Crippen molar-refractivity contribution in [3.05, 3.63) is 35.9 Å². The van der Waals surface area contributed by atoms with Crippen LogP contribution in [0.15, 0.2) is 30.3 Å². The third kappa shape index (κ3) is 4.33. The maximum absolute atomic E-state index is 5.53. The molecule has 0 fully saturated rings. The number of hydrogen-bond donors (Lipinski definition) is 0. The molecule has 0 aliphatic heterocycles. The summed E-state index contributed by atoms with van der Waals surface area (Å²) in [5.74, 6) is 0. The van der Waals surface area contributed by atoms with Crippen molar-refractivity contribution in [3.8, 4) is 0 Å². The van der Waals surface area contributed by atoms with E-state index in [-0.39, 0.29) is 0 Å². The van der Waals surface area contributed by atoms with Gasteiger partial charge in [0.25, 0.3) is 0 Å². The lowest BCUT2D eigenvalue weighted by Gasteiger charge is -2.08. The zero-order valence-electron chi connectivity index (χ0n) is 6.14. The van der Waals surface area contributed by atoms with Gasteiger partial charge in [0.2, 0.25) is 0 Å². The minimum absolute atomic E-state index is 0.365. The highest BCUT2D eigenvalue weighted by atomic mass is 35.8. The van der Waals surface area contributed by atoms with Gasteiger partial charge in [-0.05, 0) is 5.56 Å². The molecule has 1 aromatic carbocycles. The lowest BCUT2D eigenvalue weighted by molar-refractivity contribution is 0.324. The summed E-state index contributed by atoms with van der Waals surface area (Å²) >= 11 is 16.6. The Morgan fingerprint density at radius 2 is 1.67 bits per heavy atom. The maximum Gasteiger partial charge on any atom is 0.494 e. The van der Waals surface area contributed by atoms with Crippen molar-refractivity contribution < 1.29 is 4.43 Å². The molecule has 0 atom stereocenters. The molecule has 1 nitrogen and oxygen atoms in total. The van der Waals surface area contributed by atoms with E-state index >= 15 is 0 Å². The molecule has 0 radical (unpaired) electrons. The lowest BCUT2D eigenvalue weighted by atomic mass is 10.2. The minimum Gasteiger partial charge on any atom is -0.377 e. The summed E-state index contributed by atoms with van der Waals surface area (Å²) < 4.78 is 5.05. The summed E-state index contributed by atoms with van der Waals surface area (Å²) in [5.41, 5.74) is 1.01. The average molecular weight is 242 g/mol. The quantitative estimate of drug-likeness (QED) is 0.582. The van der Waals surface area contributed by atoms with E-state index < -0.39 is 6.25 Å². The van der Waals surface area contributed by atoms with Crippen LogP contribution in [0.2, 0.25) is 0 Å². The van der Waals surface area contributed by atoms with Crippen molar-refractivity contribution in [2.24, 2.45) is 0 Å². The summed E-state index contributed by atoms with van der Waals surface area (Å²) in [5, 5.41) is 0. The second-order valence-corrected chi connectivity index (χ2v) is 9.93. The van der Waals surface area contributed by atoms with Crippen LogP contribution < -0.4 is 0 Å². The van der Waals surface area contributed by atoms with Crippen molar-refractivity contribution in [2.45, 2.75) is 6.61 Å². The van der Waals surface area contributed by atoms with Crippen LogP contribution in [0.25, 0.3) is 0 Å². The summed E-state index contributed by atoms with van der Waals surface area (Å²) in [6, 6.07) is 9.60. The molecule has 0 heterocycles. The molecule has 0 aliphatic carbocycles. The van der Waals surface area contributed by atoms with Crippen LogP contribution in [0.1, 0.15) is 5.56 Å². The van der Waals surface area contributed by atoms with E-state index in [0.717, 1.165) is 5.56 Å². The fourth-order valence-electron chi connectivity index (χ4n) is 0.739. The Balaban J connectivity index is 2.44. The van der Waals surface area contributed by atoms with Crippen LogP contribution >= 0.6 is 33.2 Å². The topological polar surface area (TPSA) is 9.23 Å². The molecule has 0 amide bonds. The number of hydrogen-bond acceptors (Lipinski definition) is 1. The van der Waals surface area contributed by atoms with Crippen molar-refractivity contribution in [1.29, 1.82) is 0 Å². The summed E-state index contributed by atoms with van der Waals surface area (Å²) in [6.45, 7) is 0.365. The van der Waals surface area contributed by atoms with Crippen LogP contribution in [0, 0.1) is 0 Å². The average Bonchev–Trinajstić information content (AvgIpc) is 2.02. The second kappa shape index (κ2) is 4.49.